The van der Waals surface area contributed by atoms with E-state index in [-0.39, 0.29) is 12.1 Å². The normalized spacial score (nSPS) is 18.0. The fourth-order valence-electron chi connectivity index (χ4n) is 2.79. The summed E-state index contributed by atoms with van der Waals surface area (Å²) in [6, 6.07) is 3.86. The van der Waals surface area contributed by atoms with Crippen molar-refractivity contribution in [3.8, 4) is 0 Å². The average Bonchev–Trinajstić information content (AvgIpc) is 2.42. The molecule has 0 radical (unpaired) electrons. The van der Waals surface area contributed by atoms with Gasteiger partial charge in [0.15, 0.2) is 0 Å². The van der Waals surface area contributed by atoms with E-state index in [0.29, 0.717) is 17.6 Å². The number of carbonyl (C=O) groups is 1. The minimum atomic E-state index is -0.488. The molecular weight excluding hydrogens is 312 g/mol. The maximum atomic E-state index is 12.6. The van der Waals surface area contributed by atoms with Crippen LogP contribution in [0.3, 0.4) is 0 Å². The van der Waals surface area contributed by atoms with Gasteiger partial charge in [0, 0.05) is 18.2 Å². The van der Waals surface area contributed by atoms with Crippen LogP contribution in [0.4, 0.5) is 4.79 Å². The van der Waals surface area contributed by atoms with Crippen molar-refractivity contribution in [2.45, 2.75) is 72.1 Å². The lowest BCUT2D eigenvalue weighted by molar-refractivity contribution is 0.0102. The maximum absolute atomic E-state index is 12.6. The monoisotopic (exact) mass is 338 g/mol. The molecule has 1 aliphatic heterocycles. The van der Waals surface area contributed by atoms with E-state index in [4.69, 9.17) is 16.3 Å². The number of rotatable bonds is 3. The van der Waals surface area contributed by atoms with Gasteiger partial charge in [-0.3, -0.25) is 0 Å². The third kappa shape index (κ3) is 5.10. The Morgan fingerprint density at radius 1 is 1.43 bits per heavy atom. The standard InChI is InChI=1S/C18H27ClN2O2/c1-12(2)6-8-14-10-15-13(7-9-16(19)20-15)11-21(14)17(22)23-18(3,4)5/h7,9,12,14H,6,8,10-11H2,1-5H3. The molecule has 0 bridgehead atoms. The van der Waals surface area contributed by atoms with Crippen LogP contribution in [-0.4, -0.2) is 27.6 Å². The number of carbonyl (C=O) groups excluding carboxylic acids is 1. The lowest BCUT2D eigenvalue weighted by atomic mass is 9.93. The summed E-state index contributed by atoms with van der Waals surface area (Å²) in [5, 5.41) is 0.511. The lowest BCUT2D eigenvalue weighted by Crippen LogP contribution is -2.46. The number of halogens is 1. The molecule has 0 saturated heterocycles. The first kappa shape index (κ1) is 18.1. The molecule has 1 amide bonds. The SMILES string of the molecule is CC(C)CCC1Cc2nc(Cl)ccc2CN1C(=O)OC(C)(C)C. The minimum Gasteiger partial charge on any atom is -0.444 e. The van der Waals surface area contributed by atoms with Crippen LogP contribution in [0.1, 0.15) is 58.7 Å². The molecule has 0 aliphatic carbocycles. The van der Waals surface area contributed by atoms with Gasteiger partial charge in [-0.2, -0.15) is 0 Å². The molecule has 1 aromatic rings. The van der Waals surface area contributed by atoms with Crippen LogP contribution >= 0.6 is 11.6 Å². The van der Waals surface area contributed by atoms with E-state index >= 15 is 0 Å². The molecule has 128 valence electrons. The summed E-state index contributed by atoms with van der Waals surface area (Å²) in [7, 11) is 0. The summed E-state index contributed by atoms with van der Waals surface area (Å²) in [5.41, 5.74) is 1.57. The van der Waals surface area contributed by atoms with E-state index in [1.807, 2.05) is 31.7 Å². The van der Waals surface area contributed by atoms with Gasteiger partial charge in [0.2, 0.25) is 0 Å². The summed E-state index contributed by atoms with van der Waals surface area (Å²) in [6.45, 7) is 10.6. The molecule has 0 N–H and O–H groups in total. The zero-order valence-corrected chi connectivity index (χ0v) is 15.5. The fraction of sp³-hybridized carbons (Fsp3) is 0.667. The summed E-state index contributed by atoms with van der Waals surface area (Å²) >= 11 is 6.02. The van der Waals surface area contributed by atoms with E-state index in [1.165, 1.54) is 0 Å². The van der Waals surface area contributed by atoms with Crippen molar-refractivity contribution in [1.29, 1.82) is 0 Å². The highest BCUT2D eigenvalue weighted by molar-refractivity contribution is 6.29. The van der Waals surface area contributed by atoms with Gasteiger partial charge in [0.05, 0.1) is 6.54 Å². The van der Waals surface area contributed by atoms with Crippen LogP contribution in [-0.2, 0) is 17.7 Å². The quantitative estimate of drug-likeness (QED) is 0.741. The Labute approximate surface area is 144 Å². The van der Waals surface area contributed by atoms with Gasteiger partial charge >= 0.3 is 6.09 Å². The molecule has 1 atom stereocenters. The summed E-state index contributed by atoms with van der Waals surface area (Å²) < 4.78 is 5.59. The van der Waals surface area contributed by atoms with Crippen LogP contribution in [0.5, 0.6) is 0 Å². The predicted octanol–water partition coefficient (Wildman–Crippen LogP) is 4.83. The average molecular weight is 339 g/mol. The fourth-order valence-corrected chi connectivity index (χ4v) is 2.95. The Hall–Kier alpha value is -1.29. The molecule has 1 unspecified atom stereocenters. The Balaban J connectivity index is 2.21. The van der Waals surface area contributed by atoms with E-state index in [1.54, 1.807) is 6.07 Å². The van der Waals surface area contributed by atoms with Crippen LogP contribution in [0.2, 0.25) is 5.15 Å². The summed E-state index contributed by atoms with van der Waals surface area (Å²) in [5.74, 6) is 0.601. The minimum absolute atomic E-state index is 0.116. The Morgan fingerprint density at radius 2 is 2.13 bits per heavy atom. The van der Waals surface area contributed by atoms with Crippen molar-refractivity contribution in [1.82, 2.24) is 9.88 Å². The van der Waals surface area contributed by atoms with Crippen LogP contribution in [0, 0.1) is 5.92 Å². The topological polar surface area (TPSA) is 42.4 Å². The van der Waals surface area contributed by atoms with Gasteiger partial charge in [0.25, 0.3) is 0 Å². The number of hydrogen-bond acceptors (Lipinski definition) is 3. The zero-order valence-electron chi connectivity index (χ0n) is 14.7. The highest BCUT2D eigenvalue weighted by Gasteiger charge is 2.33. The van der Waals surface area contributed by atoms with Crippen molar-refractivity contribution in [3.05, 3.63) is 28.5 Å². The molecule has 5 heteroatoms. The molecule has 23 heavy (non-hydrogen) atoms. The molecule has 0 saturated carbocycles. The number of amides is 1. The van der Waals surface area contributed by atoms with E-state index in [2.05, 4.69) is 18.8 Å². The second-order valence-electron chi connectivity index (χ2n) is 7.68. The van der Waals surface area contributed by atoms with Gasteiger partial charge in [-0.25, -0.2) is 9.78 Å². The van der Waals surface area contributed by atoms with Gasteiger partial charge in [-0.05, 0) is 51.2 Å². The zero-order chi connectivity index (χ0) is 17.2. The predicted molar refractivity (Wildman–Crippen MR) is 92.6 cm³/mol. The number of fused-ring (bicyclic) bond motifs is 1. The Bertz CT molecular complexity index is 567. The number of nitrogens with zero attached hydrogens (tertiary/aromatic N) is 2. The van der Waals surface area contributed by atoms with E-state index in [0.717, 1.165) is 30.5 Å². The number of pyridine rings is 1. The molecule has 0 aromatic carbocycles. The van der Waals surface area contributed by atoms with E-state index in [9.17, 15) is 4.79 Å². The van der Waals surface area contributed by atoms with Crippen molar-refractivity contribution in [2.24, 2.45) is 5.92 Å². The highest BCUT2D eigenvalue weighted by atomic mass is 35.5. The molecule has 2 heterocycles. The van der Waals surface area contributed by atoms with Gasteiger partial charge in [-0.1, -0.05) is 31.5 Å². The molecule has 0 spiro atoms. The van der Waals surface area contributed by atoms with Crippen LogP contribution < -0.4 is 0 Å². The molecule has 1 aromatic heterocycles. The second kappa shape index (κ2) is 7.08. The summed E-state index contributed by atoms with van der Waals surface area (Å²) in [4.78, 5) is 18.9. The van der Waals surface area contributed by atoms with Crippen LogP contribution in [0.25, 0.3) is 0 Å². The van der Waals surface area contributed by atoms with Crippen LogP contribution in [0.15, 0.2) is 12.1 Å². The second-order valence-corrected chi connectivity index (χ2v) is 8.06. The smallest absolute Gasteiger partial charge is 0.410 e. The molecule has 2 rings (SSSR count). The highest BCUT2D eigenvalue weighted by Crippen LogP contribution is 2.28. The molecule has 4 nitrogen and oxygen atoms in total. The van der Waals surface area contributed by atoms with Crippen molar-refractivity contribution >= 4 is 17.7 Å². The lowest BCUT2D eigenvalue weighted by Gasteiger charge is -2.37. The van der Waals surface area contributed by atoms with Gasteiger partial charge in [0.1, 0.15) is 10.8 Å². The van der Waals surface area contributed by atoms with E-state index < -0.39 is 5.60 Å². The Morgan fingerprint density at radius 3 is 2.74 bits per heavy atom. The number of aromatic nitrogens is 1. The van der Waals surface area contributed by atoms with Crippen molar-refractivity contribution in [2.75, 3.05) is 0 Å². The van der Waals surface area contributed by atoms with Crippen molar-refractivity contribution < 1.29 is 9.53 Å². The molecule has 0 fully saturated rings. The third-order valence-corrected chi connectivity index (χ3v) is 4.16. The Kier molecular flexibility index (Phi) is 5.56. The van der Waals surface area contributed by atoms with Gasteiger partial charge in [-0.15, -0.1) is 0 Å². The van der Waals surface area contributed by atoms with Gasteiger partial charge < -0.3 is 9.64 Å². The van der Waals surface area contributed by atoms with Crippen molar-refractivity contribution in [3.63, 3.8) is 0 Å². The largest absolute Gasteiger partial charge is 0.444 e. The first-order chi connectivity index (χ1) is 10.7. The molecular formula is C18H27ClN2O2. The molecule has 1 aliphatic rings. The first-order valence-corrected chi connectivity index (χ1v) is 8.67. The maximum Gasteiger partial charge on any atom is 0.410 e. The first-order valence-electron chi connectivity index (χ1n) is 8.29. The number of ether oxygens (including phenoxy) is 1. The number of hydrogen-bond donors (Lipinski definition) is 0. The third-order valence-electron chi connectivity index (χ3n) is 3.95. The summed E-state index contributed by atoms with van der Waals surface area (Å²) in [6.07, 6.45) is 2.51.